The number of rotatable bonds is 5. The summed E-state index contributed by atoms with van der Waals surface area (Å²) in [5, 5.41) is 4.93. The van der Waals surface area contributed by atoms with E-state index in [1.807, 2.05) is 0 Å². The van der Waals surface area contributed by atoms with Gasteiger partial charge in [-0.25, -0.2) is 0 Å². The summed E-state index contributed by atoms with van der Waals surface area (Å²) in [6, 6.07) is 4.98. The van der Waals surface area contributed by atoms with Gasteiger partial charge in [0.25, 0.3) is 0 Å². The molecule has 2 heteroatoms. The lowest BCUT2D eigenvalue weighted by atomic mass is 9.93. The van der Waals surface area contributed by atoms with E-state index in [-0.39, 0.29) is 0 Å². The summed E-state index contributed by atoms with van der Waals surface area (Å²) in [6.07, 6.45) is 2.63. The number of hydrogen-bond acceptors (Lipinski definition) is 2. The monoisotopic (exact) mass is 285 g/mol. The molecule has 0 saturated heterocycles. The Kier molecular flexibility index (Phi) is 3.83. The van der Waals surface area contributed by atoms with Gasteiger partial charge in [0.05, 0.1) is 6.54 Å². The van der Waals surface area contributed by atoms with Crippen LogP contribution in [-0.2, 0) is 6.54 Å². The van der Waals surface area contributed by atoms with Gasteiger partial charge in [0.15, 0.2) is 0 Å². The Morgan fingerprint density at radius 3 is 2.48 bits per heavy atom. The van der Waals surface area contributed by atoms with Gasteiger partial charge in [-0.1, -0.05) is 39.8 Å². The molecule has 0 atom stereocenters. The highest BCUT2D eigenvalue weighted by Crippen LogP contribution is 2.48. The average Bonchev–Trinajstić information content (AvgIpc) is 3.17. The van der Waals surface area contributed by atoms with Gasteiger partial charge in [-0.3, -0.25) is 0 Å². The van der Waals surface area contributed by atoms with Crippen LogP contribution in [0.5, 0.6) is 0 Å². The van der Waals surface area contributed by atoms with Crippen molar-refractivity contribution in [3.8, 4) is 0 Å². The molecule has 1 aliphatic rings. The summed E-state index contributed by atoms with van der Waals surface area (Å²) in [6.45, 7) is 11.9. The van der Waals surface area contributed by atoms with Crippen molar-refractivity contribution in [2.75, 3.05) is 0 Å². The van der Waals surface area contributed by atoms with E-state index in [2.05, 4.69) is 52.1 Å². The summed E-state index contributed by atoms with van der Waals surface area (Å²) in [5.74, 6) is 2.42. The number of furan rings is 1. The summed E-state index contributed by atoms with van der Waals surface area (Å²) in [4.78, 5) is 0. The molecule has 1 aromatic carbocycles. The minimum Gasteiger partial charge on any atom is -0.459 e. The number of nitrogens with one attached hydrogen (secondary N) is 1. The van der Waals surface area contributed by atoms with E-state index in [1.54, 1.807) is 0 Å². The Hall–Kier alpha value is -1.28. The molecule has 0 unspecified atom stereocenters. The Labute approximate surface area is 127 Å². The summed E-state index contributed by atoms with van der Waals surface area (Å²) in [7, 11) is 0. The zero-order chi connectivity index (χ0) is 15.1. The van der Waals surface area contributed by atoms with Crippen molar-refractivity contribution in [3.05, 3.63) is 34.6 Å². The van der Waals surface area contributed by atoms with Crippen LogP contribution in [0.4, 0.5) is 0 Å². The van der Waals surface area contributed by atoms with Crippen LogP contribution in [0.15, 0.2) is 16.5 Å². The second-order valence-electron chi connectivity index (χ2n) is 7.08. The maximum absolute atomic E-state index is 6.31. The van der Waals surface area contributed by atoms with E-state index in [9.17, 15) is 0 Å². The highest BCUT2D eigenvalue weighted by atomic mass is 16.3. The van der Waals surface area contributed by atoms with Crippen LogP contribution in [0.2, 0.25) is 0 Å². The Balaban J connectivity index is 2.17. The predicted octanol–water partition coefficient (Wildman–Crippen LogP) is 5.24. The molecule has 1 fully saturated rings. The van der Waals surface area contributed by atoms with E-state index < -0.39 is 0 Å². The van der Waals surface area contributed by atoms with Crippen molar-refractivity contribution in [2.45, 2.75) is 71.9 Å². The molecule has 3 rings (SSSR count). The molecule has 2 nitrogen and oxygen atoms in total. The van der Waals surface area contributed by atoms with Crippen molar-refractivity contribution in [1.29, 1.82) is 0 Å². The summed E-state index contributed by atoms with van der Waals surface area (Å²) in [5.41, 5.74) is 5.30. The highest BCUT2D eigenvalue weighted by Gasteiger charge is 2.32. The van der Waals surface area contributed by atoms with Crippen LogP contribution >= 0.6 is 0 Å². The Morgan fingerprint density at radius 2 is 1.90 bits per heavy atom. The van der Waals surface area contributed by atoms with Crippen LogP contribution in [0.1, 0.15) is 74.8 Å². The predicted molar refractivity (Wildman–Crippen MR) is 89.0 cm³/mol. The fraction of sp³-hybridized carbons (Fsp3) is 0.579. The first-order valence-electron chi connectivity index (χ1n) is 8.27. The largest absolute Gasteiger partial charge is 0.459 e. The van der Waals surface area contributed by atoms with Crippen LogP contribution in [0, 0.1) is 6.92 Å². The SMILES string of the molecule is Cc1ccc(C(C)C)c2c(C3CC3)c(CNC(C)C)oc12. The molecule has 0 aliphatic heterocycles. The van der Waals surface area contributed by atoms with Gasteiger partial charge < -0.3 is 9.73 Å². The van der Waals surface area contributed by atoms with Crippen LogP contribution in [-0.4, -0.2) is 6.04 Å². The molecule has 114 valence electrons. The fourth-order valence-corrected chi connectivity index (χ4v) is 3.14. The third-order valence-corrected chi connectivity index (χ3v) is 4.46. The molecule has 1 aliphatic carbocycles. The van der Waals surface area contributed by atoms with Crippen molar-refractivity contribution in [2.24, 2.45) is 0 Å². The quantitative estimate of drug-likeness (QED) is 0.812. The van der Waals surface area contributed by atoms with E-state index in [0.717, 1.165) is 23.8 Å². The average molecular weight is 285 g/mol. The topological polar surface area (TPSA) is 25.2 Å². The smallest absolute Gasteiger partial charge is 0.137 e. The number of aryl methyl sites for hydroxylation is 1. The van der Waals surface area contributed by atoms with E-state index >= 15 is 0 Å². The molecule has 21 heavy (non-hydrogen) atoms. The van der Waals surface area contributed by atoms with Crippen molar-refractivity contribution < 1.29 is 4.42 Å². The summed E-state index contributed by atoms with van der Waals surface area (Å²) < 4.78 is 6.31. The van der Waals surface area contributed by atoms with Gasteiger partial charge >= 0.3 is 0 Å². The first kappa shape index (κ1) is 14.6. The zero-order valence-corrected chi connectivity index (χ0v) is 13.9. The van der Waals surface area contributed by atoms with Crippen molar-refractivity contribution in [1.82, 2.24) is 5.32 Å². The van der Waals surface area contributed by atoms with Gasteiger partial charge in [-0.05, 0) is 42.7 Å². The van der Waals surface area contributed by atoms with Crippen LogP contribution in [0.25, 0.3) is 11.0 Å². The van der Waals surface area contributed by atoms with Crippen LogP contribution < -0.4 is 5.32 Å². The Morgan fingerprint density at radius 1 is 1.19 bits per heavy atom. The molecule has 1 saturated carbocycles. The maximum atomic E-state index is 6.31. The molecule has 1 heterocycles. The minimum atomic E-state index is 0.482. The van der Waals surface area contributed by atoms with Gasteiger partial charge in [-0.15, -0.1) is 0 Å². The molecule has 1 N–H and O–H groups in total. The standard InChI is InChI=1S/C19H27NO/c1-11(2)15-9-6-13(5)19-18(15)17(14-7-8-14)16(21-19)10-20-12(3)4/h6,9,11-12,14,20H,7-8,10H2,1-5H3. The molecular weight excluding hydrogens is 258 g/mol. The zero-order valence-electron chi connectivity index (χ0n) is 13.9. The Bertz CT molecular complexity index is 647. The molecule has 0 amide bonds. The van der Waals surface area contributed by atoms with E-state index in [4.69, 9.17) is 4.42 Å². The normalized spacial score (nSPS) is 15.6. The maximum Gasteiger partial charge on any atom is 0.137 e. The fourth-order valence-electron chi connectivity index (χ4n) is 3.14. The second kappa shape index (κ2) is 5.49. The number of hydrogen-bond donors (Lipinski definition) is 1. The molecule has 2 aromatic rings. The third kappa shape index (κ3) is 2.74. The van der Waals surface area contributed by atoms with Crippen molar-refractivity contribution >= 4 is 11.0 Å². The second-order valence-corrected chi connectivity index (χ2v) is 7.08. The first-order chi connectivity index (χ1) is 9.99. The molecule has 0 bridgehead atoms. The van der Waals surface area contributed by atoms with Crippen LogP contribution in [0.3, 0.4) is 0 Å². The highest BCUT2D eigenvalue weighted by molar-refractivity contribution is 5.89. The van der Waals surface area contributed by atoms with Gasteiger partial charge in [0.2, 0.25) is 0 Å². The summed E-state index contributed by atoms with van der Waals surface area (Å²) >= 11 is 0. The number of fused-ring (bicyclic) bond motifs is 1. The van der Waals surface area contributed by atoms with E-state index in [0.29, 0.717) is 12.0 Å². The lowest BCUT2D eigenvalue weighted by molar-refractivity contribution is 0.482. The first-order valence-corrected chi connectivity index (χ1v) is 8.27. The van der Waals surface area contributed by atoms with Gasteiger partial charge in [0, 0.05) is 17.0 Å². The molecular formula is C19H27NO. The molecule has 1 aromatic heterocycles. The van der Waals surface area contributed by atoms with E-state index in [1.165, 1.54) is 34.9 Å². The molecule has 0 spiro atoms. The lowest BCUT2D eigenvalue weighted by Crippen LogP contribution is -2.22. The van der Waals surface area contributed by atoms with Gasteiger partial charge in [0.1, 0.15) is 11.3 Å². The number of benzene rings is 1. The minimum absolute atomic E-state index is 0.482. The van der Waals surface area contributed by atoms with Gasteiger partial charge in [-0.2, -0.15) is 0 Å². The molecule has 0 radical (unpaired) electrons. The third-order valence-electron chi connectivity index (χ3n) is 4.46. The van der Waals surface area contributed by atoms with Crippen molar-refractivity contribution in [3.63, 3.8) is 0 Å². The lowest BCUT2D eigenvalue weighted by Gasteiger charge is -2.10.